The van der Waals surface area contributed by atoms with Crippen LogP contribution in [0.1, 0.15) is 29.8 Å². The van der Waals surface area contributed by atoms with Gasteiger partial charge < -0.3 is 14.8 Å². The zero-order valence-electron chi connectivity index (χ0n) is 13.7. The predicted molar refractivity (Wildman–Crippen MR) is 94.6 cm³/mol. The van der Waals surface area contributed by atoms with E-state index >= 15 is 0 Å². The molecule has 4 rings (SSSR count). The molecule has 2 saturated heterocycles. The number of carbonyl (C=O) groups excluding carboxylic acids is 2. The Morgan fingerprint density at radius 3 is 2.64 bits per heavy atom. The van der Waals surface area contributed by atoms with Crippen molar-refractivity contribution in [2.24, 2.45) is 5.41 Å². The van der Waals surface area contributed by atoms with Gasteiger partial charge in [0, 0.05) is 30.3 Å². The van der Waals surface area contributed by atoms with Gasteiger partial charge in [0.25, 0.3) is 5.91 Å². The van der Waals surface area contributed by atoms with Crippen LogP contribution in [0.15, 0.2) is 36.8 Å². The fourth-order valence-corrected chi connectivity index (χ4v) is 4.04. The number of carbonyl (C=O) groups is 2. The molecule has 1 aromatic heterocycles. The van der Waals surface area contributed by atoms with Crippen LogP contribution in [0.5, 0.6) is 0 Å². The van der Waals surface area contributed by atoms with Crippen molar-refractivity contribution in [2.75, 3.05) is 24.5 Å². The van der Waals surface area contributed by atoms with Crippen molar-refractivity contribution in [3.05, 3.63) is 47.5 Å². The van der Waals surface area contributed by atoms with Gasteiger partial charge in [-0.15, -0.1) is 0 Å². The molecule has 2 aromatic rings. The van der Waals surface area contributed by atoms with E-state index < -0.39 is 0 Å². The molecule has 0 unspecified atom stereocenters. The van der Waals surface area contributed by atoms with Crippen LogP contribution in [0.2, 0.25) is 5.02 Å². The van der Waals surface area contributed by atoms with E-state index in [2.05, 4.69) is 9.97 Å². The number of imidazole rings is 1. The number of hydrogen-bond donors (Lipinski definition) is 1. The van der Waals surface area contributed by atoms with Gasteiger partial charge in [-0.05, 0) is 37.5 Å². The molecular formula is C18H19ClN4O2. The van der Waals surface area contributed by atoms with Gasteiger partial charge in [-0.3, -0.25) is 9.59 Å². The van der Waals surface area contributed by atoms with Crippen molar-refractivity contribution in [3.8, 4) is 0 Å². The molecule has 0 atom stereocenters. The molecule has 130 valence electrons. The van der Waals surface area contributed by atoms with E-state index in [1.54, 1.807) is 11.0 Å². The molecule has 1 spiro atoms. The number of hydrogen-bond acceptors (Lipinski definition) is 3. The second-order valence-corrected chi connectivity index (χ2v) is 7.16. The van der Waals surface area contributed by atoms with E-state index in [9.17, 15) is 9.59 Å². The highest BCUT2D eigenvalue weighted by Crippen LogP contribution is 2.43. The predicted octanol–water partition coefficient (Wildman–Crippen LogP) is 2.72. The Bertz CT molecular complexity index is 797. The van der Waals surface area contributed by atoms with Crippen LogP contribution >= 0.6 is 11.6 Å². The van der Waals surface area contributed by atoms with Crippen LogP contribution in [0.25, 0.3) is 0 Å². The number of amides is 2. The number of likely N-dealkylation sites (tertiary alicyclic amines) is 1. The third-order valence-corrected chi connectivity index (χ3v) is 5.60. The van der Waals surface area contributed by atoms with Crippen LogP contribution in [0.4, 0.5) is 5.69 Å². The fourth-order valence-electron chi connectivity index (χ4n) is 3.86. The summed E-state index contributed by atoms with van der Waals surface area (Å²) in [5.74, 6) is 0.105. The minimum absolute atomic E-state index is 0.0514. The number of piperidine rings is 1. The minimum Gasteiger partial charge on any atom is -0.341 e. The Kier molecular flexibility index (Phi) is 4.00. The molecule has 6 nitrogen and oxygen atoms in total. The van der Waals surface area contributed by atoms with Gasteiger partial charge in [-0.2, -0.15) is 0 Å². The molecule has 25 heavy (non-hydrogen) atoms. The molecule has 7 heteroatoms. The molecule has 2 aliphatic heterocycles. The minimum atomic E-state index is -0.354. The highest BCUT2D eigenvalue weighted by molar-refractivity contribution is 6.31. The van der Waals surface area contributed by atoms with Gasteiger partial charge in [0.1, 0.15) is 5.69 Å². The summed E-state index contributed by atoms with van der Waals surface area (Å²) in [6.45, 7) is 1.88. The van der Waals surface area contributed by atoms with Crippen LogP contribution in [0.3, 0.4) is 0 Å². The number of rotatable bonds is 2. The Morgan fingerprint density at radius 2 is 1.96 bits per heavy atom. The monoisotopic (exact) mass is 358 g/mol. The maximum Gasteiger partial charge on any atom is 0.271 e. The summed E-state index contributed by atoms with van der Waals surface area (Å²) in [6.07, 6.45) is 5.26. The van der Waals surface area contributed by atoms with E-state index in [1.165, 1.54) is 12.5 Å². The highest BCUT2D eigenvalue weighted by atomic mass is 35.5. The smallest absolute Gasteiger partial charge is 0.271 e. The summed E-state index contributed by atoms with van der Waals surface area (Å²) in [4.78, 5) is 35.9. The van der Waals surface area contributed by atoms with E-state index in [-0.39, 0.29) is 17.2 Å². The van der Waals surface area contributed by atoms with Crippen LogP contribution < -0.4 is 4.90 Å². The lowest BCUT2D eigenvalue weighted by Gasteiger charge is -2.37. The Morgan fingerprint density at radius 1 is 1.20 bits per heavy atom. The number of aromatic amines is 1. The van der Waals surface area contributed by atoms with Gasteiger partial charge in [0.2, 0.25) is 5.91 Å². The third-order valence-electron chi connectivity index (χ3n) is 5.37. The van der Waals surface area contributed by atoms with Crippen molar-refractivity contribution in [1.82, 2.24) is 14.9 Å². The lowest BCUT2D eigenvalue weighted by molar-refractivity contribution is -0.127. The Balaban J connectivity index is 1.46. The molecule has 2 amide bonds. The molecule has 0 aliphatic carbocycles. The third kappa shape index (κ3) is 2.80. The maximum absolute atomic E-state index is 13.1. The summed E-state index contributed by atoms with van der Waals surface area (Å²) in [6, 6.07) is 7.41. The molecule has 1 N–H and O–H groups in total. The van der Waals surface area contributed by atoms with Crippen molar-refractivity contribution >= 4 is 29.1 Å². The van der Waals surface area contributed by atoms with E-state index in [4.69, 9.17) is 11.6 Å². The number of anilines is 1. The summed E-state index contributed by atoms with van der Waals surface area (Å²) in [5, 5.41) is 0.631. The molecule has 2 fully saturated rings. The topological polar surface area (TPSA) is 69.3 Å². The van der Waals surface area contributed by atoms with Gasteiger partial charge >= 0.3 is 0 Å². The van der Waals surface area contributed by atoms with E-state index in [0.717, 1.165) is 12.1 Å². The number of halogens is 1. The first-order valence-electron chi connectivity index (χ1n) is 8.44. The average molecular weight is 359 g/mol. The fraction of sp³-hybridized carbons (Fsp3) is 0.389. The quantitative estimate of drug-likeness (QED) is 0.897. The highest BCUT2D eigenvalue weighted by Gasteiger charge is 2.49. The van der Waals surface area contributed by atoms with Gasteiger partial charge in [0.15, 0.2) is 0 Å². The Labute approximate surface area is 150 Å². The molecule has 1 aromatic carbocycles. The summed E-state index contributed by atoms with van der Waals surface area (Å²) < 4.78 is 0. The van der Waals surface area contributed by atoms with Crippen LogP contribution in [-0.2, 0) is 4.79 Å². The number of benzene rings is 1. The average Bonchev–Trinajstić information content (AvgIpc) is 3.25. The first-order valence-corrected chi connectivity index (χ1v) is 8.82. The first kappa shape index (κ1) is 16.1. The van der Waals surface area contributed by atoms with Crippen LogP contribution in [-0.4, -0.2) is 46.3 Å². The van der Waals surface area contributed by atoms with Gasteiger partial charge in [-0.1, -0.05) is 17.7 Å². The van der Waals surface area contributed by atoms with E-state index in [0.29, 0.717) is 43.2 Å². The summed E-state index contributed by atoms with van der Waals surface area (Å²) in [5.41, 5.74) is 0.993. The van der Waals surface area contributed by atoms with Crippen molar-refractivity contribution < 1.29 is 9.59 Å². The van der Waals surface area contributed by atoms with Crippen molar-refractivity contribution in [3.63, 3.8) is 0 Å². The van der Waals surface area contributed by atoms with Crippen molar-refractivity contribution in [2.45, 2.75) is 19.3 Å². The molecular weight excluding hydrogens is 340 g/mol. The maximum atomic E-state index is 13.1. The molecule has 0 radical (unpaired) electrons. The number of nitrogens with one attached hydrogen (secondary N) is 1. The largest absolute Gasteiger partial charge is 0.341 e. The summed E-state index contributed by atoms with van der Waals surface area (Å²) in [7, 11) is 0. The lowest BCUT2D eigenvalue weighted by atomic mass is 9.77. The van der Waals surface area contributed by atoms with Gasteiger partial charge in [-0.25, -0.2) is 4.98 Å². The normalized spacial score (nSPS) is 19.6. The van der Waals surface area contributed by atoms with Crippen LogP contribution in [0, 0.1) is 5.41 Å². The second kappa shape index (κ2) is 6.19. The molecule has 0 saturated carbocycles. The summed E-state index contributed by atoms with van der Waals surface area (Å²) >= 11 is 6.06. The number of H-pyrrole nitrogens is 1. The molecule has 3 heterocycles. The second-order valence-electron chi connectivity index (χ2n) is 6.72. The first-order chi connectivity index (χ1) is 12.1. The number of nitrogens with zero attached hydrogens (tertiary/aromatic N) is 3. The Hall–Kier alpha value is -2.34. The zero-order chi connectivity index (χ0) is 17.4. The standard InChI is InChI=1S/C18H19ClN4O2/c19-13-2-1-3-14(10-13)23-9-6-18(17(23)25)4-7-22(8-5-18)16(24)15-11-20-12-21-15/h1-3,10-12H,4-9H2,(H,20,21). The van der Waals surface area contributed by atoms with Crippen molar-refractivity contribution in [1.29, 1.82) is 0 Å². The lowest BCUT2D eigenvalue weighted by Crippen LogP contribution is -2.46. The molecule has 2 aliphatic rings. The van der Waals surface area contributed by atoms with Gasteiger partial charge in [0.05, 0.1) is 17.9 Å². The SMILES string of the molecule is O=C(c1cnc[nH]1)N1CCC2(CC1)CCN(c1cccc(Cl)c1)C2=O. The number of aromatic nitrogens is 2. The zero-order valence-corrected chi connectivity index (χ0v) is 14.5. The molecule has 0 bridgehead atoms. The van der Waals surface area contributed by atoms with E-state index in [1.807, 2.05) is 23.1 Å².